The molecule has 0 amide bonds. The van der Waals surface area contributed by atoms with Gasteiger partial charge in [-0.25, -0.2) is 4.39 Å². The third-order valence-electron chi connectivity index (χ3n) is 2.36. The second-order valence-corrected chi connectivity index (χ2v) is 4.32. The molecule has 0 fully saturated rings. The number of halogens is 3. The van der Waals surface area contributed by atoms with Crippen molar-refractivity contribution < 1.29 is 9.18 Å². The van der Waals surface area contributed by atoms with E-state index >= 15 is 0 Å². The average Bonchev–Trinajstić information content (AvgIpc) is 2.32. The molecule has 1 nitrogen and oxygen atoms in total. The van der Waals surface area contributed by atoms with Gasteiger partial charge in [0.1, 0.15) is 5.82 Å². The minimum Gasteiger partial charge on any atom is -0.298 e. The summed E-state index contributed by atoms with van der Waals surface area (Å²) in [6.07, 6.45) is 0.659. The molecule has 2 rings (SSSR count). The lowest BCUT2D eigenvalue weighted by Crippen LogP contribution is -1.90. The van der Waals surface area contributed by atoms with Gasteiger partial charge in [-0.2, -0.15) is 0 Å². The molecule has 2 aromatic carbocycles. The average molecular weight is 269 g/mol. The van der Waals surface area contributed by atoms with E-state index in [9.17, 15) is 9.18 Å². The zero-order valence-corrected chi connectivity index (χ0v) is 10.1. The van der Waals surface area contributed by atoms with E-state index in [1.807, 2.05) is 0 Å². The first kappa shape index (κ1) is 12.1. The van der Waals surface area contributed by atoms with Crippen LogP contribution < -0.4 is 0 Å². The molecule has 0 unspecified atom stereocenters. The maximum absolute atomic E-state index is 13.2. The Morgan fingerprint density at radius 1 is 1.00 bits per heavy atom. The molecule has 86 valence electrons. The van der Waals surface area contributed by atoms with E-state index in [1.165, 1.54) is 18.2 Å². The topological polar surface area (TPSA) is 17.1 Å². The van der Waals surface area contributed by atoms with Crippen LogP contribution >= 0.6 is 23.2 Å². The molecule has 0 radical (unpaired) electrons. The van der Waals surface area contributed by atoms with Gasteiger partial charge < -0.3 is 0 Å². The van der Waals surface area contributed by atoms with Gasteiger partial charge in [0.2, 0.25) is 0 Å². The predicted molar refractivity (Wildman–Crippen MR) is 67.2 cm³/mol. The maximum atomic E-state index is 13.2. The first-order chi connectivity index (χ1) is 8.11. The molecule has 0 heterocycles. The third-order valence-corrected chi connectivity index (χ3v) is 2.93. The lowest BCUT2D eigenvalue weighted by molar-refractivity contribution is 0.112. The minimum atomic E-state index is -0.429. The van der Waals surface area contributed by atoms with Gasteiger partial charge in [0.15, 0.2) is 6.29 Å². The molecule has 17 heavy (non-hydrogen) atoms. The molecule has 0 saturated carbocycles. The first-order valence-electron chi connectivity index (χ1n) is 4.82. The van der Waals surface area contributed by atoms with Crippen molar-refractivity contribution >= 4 is 29.5 Å². The van der Waals surface area contributed by atoms with Gasteiger partial charge in [-0.3, -0.25) is 4.79 Å². The second-order valence-electron chi connectivity index (χ2n) is 3.47. The minimum absolute atomic E-state index is 0.371. The van der Waals surface area contributed by atoms with Crippen molar-refractivity contribution in [3.05, 3.63) is 57.8 Å². The van der Waals surface area contributed by atoms with E-state index in [1.54, 1.807) is 18.2 Å². The van der Waals surface area contributed by atoms with Gasteiger partial charge >= 0.3 is 0 Å². The number of benzene rings is 2. The Hall–Kier alpha value is -1.38. The fourth-order valence-electron chi connectivity index (χ4n) is 1.57. The van der Waals surface area contributed by atoms with Gasteiger partial charge in [-0.15, -0.1) is 0 Å². The molecule has 0 atom stereocenters. The lowest BCUT2D eigenvalue weighted by atomic mass is 10.0. The Balaban J connectivity index is 2.70. The molecule has 0 aliphatic heterocycles. The summed E-state index contributed by atoms with van der Waals surface area (Å²) in [5.41, 5.74) is 1.35. The van der Waals surface area contributed by atoms with E-state index in [-0.39, 0.29) is 0 Å². The fraction of sp³-hybridized carbons (Fsp3) is 0. The quantitative estimate of drug-likeness (QED) is 0.727. The van der Waals surface area contributed by atoms with Crippen LogP contribution in [0.2, 0.25) is 10.0 Å². The summed E-state index contributed by atoms with van der Waals surface area (Å²) in [5, 5.41) is 0.897. The van der Waals surface area contributed by atoms with Gasteiger partial charge in [-0.05, 0) is 42.0 Å². The monoisotopic (exact) mass is 268 g/mol. The van der Waals surface area contributed by atoms with Crippen LogP contribution in [-0.4, -0.2) is 6.29 Å². The van der Waals surface area contributed by atoms with Crippen LogP contribution in [0.3, 0.4) is 0 Å². The number of carbonyl (C=O) groups is 1. The smallest absolute Gasteiger partial charge is 0.150 e. The number of aldehydes is 1. The van der Waals surface area contributed by atoms with Crippen LogP contribution in [0.4, 0.5) is 4.39 Å². The van der Waals surface area contributed by atoms with Crippen LogP contribution in [0.25, 0.3) is 11.1 Å². The van der Waals surface area contributed by atoms with E-state index in [2.05, 4.69) is 0 Å². The van der Waals surface area contributed by atoms with Gasteiger partial charge in [0.05, 0.1) is 0 Å². The number of hydrogen-bond acceptors (Lipinski definition) is 1. The molecule has 0 aliphatic carbocycles. The highest BCUT2D eigenvalue weighted by molar-refractivity contribution is 6.35. The molecular weight excluding hydrogens is 262 g/mol. The van der Waals surface area contributed by atoms with Crippen LogP contribution in [0.15, 0.2) is 36.4 Å². The van der Waals surface area contributed by atoms with Gasteiger partial charge in [0.25, 0.3) is 0 Å². The van der Waals surface area contributed by atoms with E-state index in [0.29, 0.717) is 33.0 Å². The summed E-state index contributed by atoms with van der Waals surface area (Å²) in [6, 6.07) is 8.75. The number of rotatable bonds is 2. The Morgan fingerprint density at radius 3 is 2.47 bits per heavy atom. The summed E-state index contributed by atoms with van der Waals surface area (Å²) in [6.45, 7) is 0. The van der Waals surface area contributed by atoms with E-state index < -0.39 is 5.82 Å². The van der Waals surface area contributed by atoms with Crippen molar-refractivity contribution in [2.24, 2.45) is 0 Å². The maximum Gasteiger partial charge on any atom is 0.150 e. The Bertz CT molecular complexity index is 582. The highest BCUT2D eigenvalue weighted by Gasteiger charge is 2.10. The SMILES string of the molecule is O=Cc1ccc(F)cc1-c1cc(Cl)ccc1Cl. The first-order valence-corrected chi connectivity index (χ1v) is 5.57. The normalized spacial score (nSPS) is 10.3. The largest absolute Gasteiger partial charge is 0.298 e. The highest BCUT2D eigenvalue weighted by atomic mass is 35.5. The predicted octanol–water partition coefficient (Wildman–Crippen LogP) is 4.61. The van der Waals surface area contributed by atoms with Crippen molar-refractivity contribution in [2.75, 3.05) is 0 Å². The highest BCUT2D eigenvalue weighted by Crippen LogP contribution is 2.32. The Kier molecular flexibility index (Phi) is 3.46. The van der Waals surface area contributed by atoms with Crippen molar-refractivity contribution in [1.29, 1.82) is 0 Å². The van der Waals surface area contributed by atoms with Crippen LogP contribution in [0.1, 0.15) is 10.4 Å². The Labute approximate surface area is 108 Å². The van der Waals surface area contributed by atoms with Crippen molar-refractivity contribution in [1.82, 2.24) is 0 Å². The van der Waals surface area contributed by atoms with E-state index in [4.69, 9.17) is 23.2 Å². The van der Waals surface area contributed by atoms with Gasteiger partial charge in [0, 0.05) is 21.2 Å². The van der Waals surface area contributed by atoms with Crippen LogP contribution in [0, 0.1) is 5.82 Å². The molecule has 0 N–H and O–H groups in total. The summed E-state index contributed by atoms with van der Waals surface area (Å²) in [4.78, 5) is 10.9. The van der Waals surface area contributed by atoms with Crippen LogP contribution in [0.5, 0.6) is 0 Å². The van der Waals surface area contributed by atoms with Crippen molar-refractivity contribution in [3.8, 4) is 11.1 Å². The Morgan fingerprint density at radius 2 is 1.76 bits per heavy atom. The molecular formula is C13H7Cl2FO. The summed E-state index contributed by atoms with van der Waals surface area (Å²) in [7, 11) is 0. The summed E-state index contributed by atoms with van der Waals surface area (Å²) >= 11 is 11.9. The zero-order chi connectivity index (χ0) is 12.4. The lowest BCUT2D eigenvalue weighted by Gasteiger charge is -2.08. The van der Waals surface area contributed by atoms with Gasteiger partial charge in [-0.1, -0.05) is 23.2 Å². The molecule has 0 bridgehead atoms. The summed E-state index contributed by atoms with van der Waals surface area (Å²) < 4.78 is 13.2. The standard InChI is InChI=1S/C13H7Cl2FO/c14-9-2-4-13(15)12(5-9)11-6-10(16)3-1-8(11)7-17/h1-7H. The van der Waals surface area contributed by atoms with Crippen molar-refractivity contribution in [2.45, 2.75) is 0 Å². The third kappa shape index (κ3) is 2.48. The molecule has 0 spiro atoms. The molecule has 2 aromatic rings. The molecule has 0 aromatic heterocycles. The zero-order valence-electron chi connectivity index (χ0n) is 8.58. The van der Waals surface area contributed by atoms with Crippen LogP contribution in [-0.2, 0) is 0 Å². The molecule has 0 saturated heterocycles. The number of hydrogen-bond donors (Lipinski definition) is 0. The fourth-order valence-corrected chi connectivity index (χ4v) is 1.96. The number of carbonyl (C=O) groups excluding carboxylic acids is 1. The summed E-state index contributed by atoms with van der Waals surface area (Å²) in [5.74, 6) is -0.429. The molecule has 0 aliphatic rings. The molecule has 4 heteroatoms. The second kappa shape index (κ2) is 4.86. The van der Waals surface area contributed by atoms with Crippen molar-refractivity contribution in [3.63, 3.8) is 0 Å². The van der Waals surface area contributed by atoms with E-state index in [0.717, 1.165) is 0 Å².